The zero-order valence-corrected chi connectivity index (χ0v) is 13.3. The molecule has 1 saturated heterocycles. The lowest BCUT2D eigenvalue weighted by Gasteiger charge is -2.14. The van der Waals surface area contributed by atoms with Crippen LogP contribution in [0.5, 0.6) is 0 Å². The van der Waals surface area contributed by atoms with E-state index in [1.807, 2.05) is 0 Å². The van der Waals surface area contributed by atoms with Crippen LogP contribution < -0.4 is 16.5 Å². The maximum atomic E-state index is 13.9. The number of halogens is 1. The van der Waals surface area contributed by atoms with Gasteiger partial charge in [-0.2, -0.15) is 0 Å². The van der Waals surface area contributed by atoms with Crippen molar-refractivity contribution < 1.29 is 24.0 Å². The highest BCUT2D eigenvalue weighted by Crippen LogP contribution is 2.30. The van der Waals surface area contributed by atoms with Gasteiger partial charge < -0.3 is 16.2 Å². The molecular formula is C15H20FN4O4+. The molecule has 3 unspecified atom stereocenters. The number of carboxylic acid groups (broad SMARTS) is 1. The molecule has 0 aliphatic carbocycles. The zero-order chi connectivity index (χ0) is 18.0. The van der Waals surface area contributed by atoms with Crippen molar-refractivity contribution in [2.75, 3.05) is 6.54 Å². The molecule has 1 aliphatic rings. The Labute approximate surface area is 137 Å². The van der Waals surface area contributed by atoms with Gasteiger partial charge >= 0.3 is 5.97 Å². The van der Waals surface area contributed by atoms with Crippen molar-refractivity contribution in [3.05, 3.63) is 40.1 Å². The monoisotopic (exact) mass is 339 g/mol. The lowest BCUT2D eigenvalue weighted by molar-refractivity contribution is -0.618. The maximum Gasteiger partial charge on any atom is 0.322 e. The highest BCUT2D eigenvalue weighted by atomic mass is 19.1. The molecule has 0 bridgehead atoms. The average Bonchev–Trinajstić information content (AvgIpc) is 2.76. The van der Waals surface area contributed by atoms with Crippen LogP contribution in [-0.2, 0) is 4.79 Å². The summed E-state index contributed by atoms with van der Waals surface area (Å²) in [6.07, 6.45) is 0. The number of hydrogen-bond donors (Lipinski definition) is 4. The van der Waals surface area contributed by atoms with Crippen LogP contribution in [0.15, 0.2) is 18.2 Å². The molecule has 1 aliphatic heterocycles. The molecule has 2 rings (SSSR count). The molecule has 1 fully saturated rings. The minimum absolute atomic E-state index is 0.0475. The first-order valence-corrected chi connectivity index (χ1v) is 7.50. The van der Waals surface area contributed by atoms with Gasteiger partial charge in [0.15, 0.2) is 0 Å². The molecule has 130 valence electrons. The summed E-state index contributed by atoms with van der Waals surface area (Å²) in [5.41, 5.74) is 8.60. The first-order valence-electron chi connectivity index (χ1n) is 7.50. The molecule has 0 spiro atoms. The summed E-state index contributed by atoms with van der Waals surface area (Å²) in [5.74, 6) is -2.77. The Morgan fingerprint density at radius 2 is 2.08 bits per heavy atom. The second-order valence-corrected chi connectivity index (χ2v) is 5.94. The summed E-state index contributed by atoms with van der Waals surface area (Å²) in [6, 6.07) is 1.98. The number of nitroso groups, excluding NO2 is 1. The molecule has 8 nitrogen and oxygen atoms in total. The van der Waals surface area contributed by atoms with Crippen LogP contribution in [0.2, 0.25) is 0 Å². The van der Waals surface area contributed by atoms with E-state index in [0.29, 0.717) is 10.4 Å². The van der Waals surface area contributed by atoms with Gasteiger partial charge in [0.1, 0.15) is 16.7 Å². The van der Waals surface area contributed by atoms with Crippen LogP contribution in [-0.4, -0.2) is 46.5 Å². The Kier molecular flexibility index (Phi) is 5.13. The lowest BCUT2D eigenvalue weighted by Crippen LogP contribution is -2.42. The van der Waals surface area contributed by atoms with E-state index in [2.05, 4.69) is 10.7 Å². The second kappa shape index (κ2) is 6.91. The summed E-state index contributed by atoms with van der Waals surface area (Å²) in [7, 11) is 0. The summed E-state index contributed by atoms with van der Waals surface area (Å²) in [4.78, 5) is 35.2. The summed E-state index contributed by atoms with van der Waals surface area (Å²) in [6.45, 7) is 3.24. The maximum absolute atomic E-state index is 13.9. The van der Waals surface area contributed by atoms with Crippen molar-refractivity contribution in [3.63, 3.8) is 0 Å². The SMILES string of the molecule is CC1N[N+](=O)C(C)C1c1cc(F)cc(C(=O)NC[C@@H](N)C(=O)O)c1. The van der Waals surface area contributed by atoms with Crippen LogP contribution in [0.4, 0.5) is 4.39 Å². The molecule has 1 amide bonds. The number of benzene rings is 1. The molecule has 1 aromatic rings. The third-order valence-electron chi connectivity index (χ3n) is 4.13. The van der Waals surface area contributed by atoms with Crippen LogP contribution in [0.25, 0.3) is 0 Å². The minimum atomic E-state index is -1.24. The number of hydrazine groups is 1. The first kappa shape index (κ1) is 17.8. The van der Waals surface area contributed by atoms with Gasteiger partial charge in [-0.05, 0) is 30.7 Å². The third kappa shape index (κ3) is 3.67. The van der Waals surface area contributed by atoms with Crippen molar-refractivity contribution >= 4 is 11.9 Å². The van der Waals surface area contributed by atoms with Crippen molar-refractivity contribution in [1.29, 1.82) is 0 Å². The molecular weight excluding hydrogens is 319 g/mol. The lowest BCUT2D eigenvalue weighted by atomic mass is 9.87. The van der Waals surface area contributed by atoms with Crippen molar-refractivity contribution in [3.8, 4) is 0 Å². The number of nitrogens with zero attached hydrogens (tertiary/aromatic N) is 1. The van der Waals surface area contributed by atoms with E-state index in [-0.39, 0.29) is 24.1 Å². The van der Waals surface area contributed by atoms with E-state index < -0.39 is 29.8 Å². The second-order valence-electron chi connectivity index (χ2n) is 5.94. The van der Waals surface area contributed by atoms with Gasteiger partial charge in [-0.25, -0.2) is 4.39 Å². The first-order chi connectivity index (χ1) is 11.2. The zero-order valence-electron chi connectivity index (χ0n) is 13.3. The van der Waals surface area contributed by atoms with Crippen LogP contribution in [0, 0.1) is 10.7 Å². The van der Waals surface area contributed by atoms with Crippen LogP contribution in [0.3, 0.4) is 0 Å². The molecule has 5 N–H and O–H groups in total. The van der Waals surface area contributed by atoms with Gasteiger partial charge in [-0.3, -0.25) is 9.59 Å². The van der Waals surface area contributed by atoms with Crippen molar-refractivity contribution in [2.45, 2.75) is 37.9 Å². The van der Waals surface area contributed by atoms with Crippen LogP contribution in [0.1, 0.15) is 35.7 Å². The topological polar surface area (TPSA) is 125 Å². The standard InChI is InChI=1S/C15H19FN4O4/c1-7-13(8(2)20(24)19-7)9-3-10(5-11(16)4-9)14(21)18-6-12(17)15(22)23/h3-5,7-8,12-13H,6,17H2,1-2H3,(H2-,18,19,21,22,23,24)/p+1/t7?,8?,12-,13?/m1/s1. The van der Waals surface area contributed by atoms with E-state index in [9.17, 15) is 18.9 Å². The van der Waals surface area contributed by atoms with Gasteiger partial charge in [0.25, 0.3) is 5.91 Å². The minimum Gasteiger partial charge on any atom is -0.480 e. The number of aliphatic carboxylic acids is 1. The van der Waals surface area contributed by atoms with Gasteiger partial charge in [0.2, 0.25) is 6.04 Å². The Bertz CT molecular complexity index is 681. The number of rotatable bonds is 5. The Morgan fingerprint density at radius 1 is 1.42 bits per heavy atom. The number of nitrogens with two attached hydrogens (primary N) is 1. The van der Waals surface area contributed by atoms with E-state index in [0.717, 1.165) is 6.07 Å². The Balaban J connectivity index is 2.21. The fourth-order valence-electron chi connectivity index (χ4n) is 2.86. The molecule has 9 heteroatoms. The number of carboxylic acids is 1. The number of carbonyl (C=O) groups is 2. The van der Waals surface area contributed by atoms with Crippen molar-refractivity contribution in [1.82, 2.24) is 10.7 Å². The predicted octanol–water partition coefficient (Wildman–Crippen LogP) is 0.125. The van der Waals surface area contributed by atoms with Gasteiger partial charge in [-0.15, -0.1) is 5.43 Å². The normalized spacial score (nSPS) is 24.3. The highest BCUT2D eigenvalue weighted by molar-refractivity contribution is 5.94. The summed E-state index contributed by atoms with van der Waals surface area (Å²) < 4.78 is 13.9. The number of nitrogens with one attached hydrogen (secondary N) is 2. The quantitative estimate of drug-likeness (QED) is 0.565. The average molecular weight is 339 g/mol. The predicted molar refractivity (Wildman–Crippen MR) is 82.8 cm³/mol. The Hall–Kier alpha value is -2.55. The van der Waals surface area contributed by atoms with E-state index in [4.69, 9.17) is 10.8 Å². The Morgan fingerprint density at radius 3 is 2.62 bits per heavy atom. The molecule has 1 heterocycles. The third-order valence-corrected chi connectivity index (χ3v) is 4.13. The fraction of sp³-hybridized carbons (Fsp3) is 0.467. The molecule has 0 radical (unpaired) electrons. The number of carbonyl (C=O) groups excluding carboxylic acids is 1. The largest absolute Gasteiger partial charge is 0.480 e. The van der Waals surface area contributed by atoms with Gasteiger partial charge in [-0.1, -0.05) is 0 Å². The van der Waals surface area contributed by atoms with Gasteiger partial charge in [0, 0.05) is 19.0 Å². The highest BCUT2D eigenvalue weighted by Gasteiger charge is 2.45. The van der Waals surface area contributed by atoms with Crippen LogP contribution >= 0.6 is 0 Å². The molecule has 0 aromatic heterocycles. The van der Waals surface area contributed by atoms with E-state index in [1.165, 1.54) is 12.1 Å². The number of hydrogen-bond acceptors (Lipinski definition) is 4. The smallest absolute Gasteiger partial charge is 0.322 e. The number of amides is 1. The molecule has 0 saturated carbocycles. The van der Waals surface area contributed by atoms with E-state index in [1.54, 1.807) is 13.8 Å². The molecule has 4 atom stereocenters. The van der Waals surface area contributed by atoms with Crippen molar-refractivity contribution in [2.24, 2.45) is 5.73 Å². The summed E-state index contributed by atoms with van der Waals surface area (Å²) >= 11 is 0. The van der Waals surface area contributed by atoms with Gasteiger partial charge in [0.05, 0.1) is 16.9 Å². The van der Waals surface area contributed by atoms with E-state index >= 15 is 0 Å². The molecule has 24 heavy (non-hydrogen) atoms. The fourth-order valence-corrected chi connectivity index (χ4v) is 2.86. The molecule has 1 aromatic carbocycles. The summed E-state index contributed by atoms with van der Waals surface area (Å²) in [5, 5.41) is 11.1.